The molecule has 0 atom stereocenters. The Labute approximate surface area is 124 Å². The largest absolute Gasteiger partial charge is 0.430 e. The van der Waals surface area contributed by atoms with Gasteiger partial charge in [0.05, 0.1) is 6.54 Å². The number of nitrogens with one attached hydrogen (secondary N) is 1. The molecule has 0 radical (unpaired) electrons. The fourth-order valence-corrected chi connectivity index (χ4v) is 2.24. The molecule has 0 fully saturated rings. The van der Waals surface area contributed by atoms with Crippen LogP contribution < -0.4 is 10.1 Å². The van der Waals surface area contributed by atoms with Crippen LogP contribution in [0.1, 0.15) is 36.9 Å². The molecule has 0 spiro atoms. The summed E-state index contributed by atoms with van der Waals surface area (Å²) >= 11 is 1.48. The SMILES string of the molecule is Cc1ccc(C)c(Oc2nnc(CNC(C)(C)C)s2)c1. The summed E-state index contributed by atoms with van der Waals surface area (Å²) in [6.45, 7) is 11.2. The standard InChI is InChI=1S/C15H21N3OS/c1-10-6-7-11(2)12(8-10)19-14-18-17-13(20-14)9-16-15(3,4)5/h6-8,16H,9H2,1-5H3. The topological polar surface area (TPSA) is 47.0 Å². The van der Waals surface area contributed by atoms with Gasteiger partial charge >= 0.3 is 0 Å². The van der Waals surface area contributed by atoms with Crippen LogP contribution in [0.15, 0.2) is 18.2 Å². The highest BCUT2D eigenvalue weighted by atomic mass is 32.1. The van der Waals surface area contributed by atoms with Crippen LogP contribution in [0.4, 0.5) is 0 Å². The van der Waals surface area contributed by atoms with E-state index < -0.39 is 0 Å². The molecule has 0 saturated heterocycles. The van der Waals surface area contributed by atoms with Crippen molar-refractivity contribution >= 4 is 11.3 Å². The van der Waals surface area contributed by atoms with Gasteiger partial charge in [-0.05, 0) is 51.8 Å². The highest BCUT2D eigenvalue weighted by Crippen LogP contribution is 2.28. The first-order valence-corrected chi connectivity index (χ1v) is 7.48. The van der Waals surface area contributed by atoms with Crippen molar-refractivity contribution in [3.63, 3.8) is 0 Å². The average Bonchev–Trinajstić information content (AvgIpc) is 2.78. The molecule has 5 heteroatoms. The summed E-state index contributed by atoms with van der Waals surface area (Å²) in [6.07, 6.45) is 0. The Bertz CT molecular complexity index is 587. The lowest BCUT2D eigenvalue weighted by Gasteiger charge is -2.19. The molecular weight excluding hydrogens is 270 g/mol. The minimum absolute atomic E-state index is 0.0693. The van der Waals surface area contributed by atoms with E-state index >= 15 is 0 Å². The lowest BCUT2D eigenvalue weighted by Crippen LogP contribution is -2.35. The highest BCUT2D eigenvalue weighted by Gasteiger charge is 2.12. The number of ether oxygens (including phenoxy) is 1. The van der Waals surface area contributed by atoms with E-state index in [1.165, 1.54) is 16.9 Å². The van der Waals surface area contributed by atoms with Crippen molar-refractivity contribution in [2.24, 2.45) is 0 Å². The van der Waals surface area contributed by atoms with E-state index in [1.807, 2.05) is 26.0 Å². The van der Waals surface area contributed by atoms with Gasteiger partial charge < -0.3 is 10.1 Å². The van der Waals surface area contributed by atoms with E-state index in [0.29, 0.717) is 11.7 Å². The summed E-state index contributed by atoms with van der Waals surface area (Å²) in [6, 6.07) is 6.14. The highest BCUT2D eigenvalue weighted by molar-refractivity contribution is 7.13. The molecule has 1 N–H and O–H groups in total. The zero-order chi connectivity index (χ0) is 14.8. The number of hydrogen-bond donors (Lipinski definition) is 1. The Morgan fingerprint density at radius 1 is 1.20 bits per heavy atom. The molecule has 0 aliphatic carbocycles. The molecule has 1 aromatic carbocycles. The zero-order valence-electron chi connectivity index (χ0n) is 12.7. The van der Waals surface area contributed by atoms with E-state index in [2.05, 4.69) is 42.4 Å². The van der Waals surface area contributed by atoms with Crippen molar-refractivity contribution in [3.05, 3.63) is 34.3 Å². The first kappa shape index (κ1) is 14.9. The molecule has 0 aliphatic rings. The molecule has 0 bridgehead atoms. The average molecular weight is 291 g/mol. The lowest BCUT2D eigenvalue weighted by atomic mass is 10.1. The Balaban J connectivity index is 2.04. The third-order valence-corrected chi connectivity index (χ3v) is 3.56. The second-order valence-corrected chi connectivity index (χ2v) is 6.96. The Hall–Kier alpha value is -1.46. The first-order chi connectivity index (χ1) is 9.33. The maximum absolute atomic E-state index is 5.82. The third-order valence-electron chi connectivity index (χ3n) is 2.76. The second-order valence-electron chi connectivity index (χ2n) is 5.94. The van der Waals surface area contributed by atoms with Gasteiger partial charge in [0.2, 0.25) is 0 Å². The maximum atomic E-state index is 5.82. The molecule has 0 saturated carbocycles. The Morgan fingerprint density at radius 3 is 2.65 bits per heavy atom. The molecule has 1 heterocycles. The summed E-state index contributed by atoms with van der Waals surface area (Å²) in [5, 5.41) is 13.1. The van der Waals surface area contributed by atoms with E-state index in [0.717, 1.165) is 16.3 Å². The van der Waals surface area contributed by atoms with Crippen molar-refractivity contribution < 1.29 is 4.74 Å². The van der Waals surface area contributed by atoms with Gasteiger partial charge in [0.25, 0.3) is 5.19 Å². The summed E-state index contributed by atoms with van der Waals surface area (Å²) < 4.78 is 5.82. The number of rotatable bonds is 4. The van der Waals surface area contributed by atoms with Gasteiger partial charge in [-0.25, -0.2) is 0 Å². The van der Waals surface area contributed by atoms with Crippen LogP contribution in [-0.4, -0.2) is 15.7 Å². The summed E-state index contributed by atoms with van der Waals surface area (Å²) in [7, 11) is 0. The van der Waals surface area contributed by atoms with Gasteiger partial charge in [-0.2, -0.15) is 0 Å². The van der Waals surface area contributed by atoms with Crippen molar-refractivity contribution in [3.8, 4) is 10.9 Å². The molecule has 1 aromatic heterocycles. The zero-order valence-corrected chi connectivity index (χ0v) is 13.5. The van der Waals surface area contributed by atoms with Gasteiger partial charge in [-0.3, -0.25) is 0 Å². The molecular formula is C15H21N3OS. The third kappa shape index (κ3) is 4.28. The van der Waals surface area contributed by atoms with Crippen molar-refractivity contribution in [2.45, 2.75) is 46.7 Å². The Kier molecular flexibility index (Phi) is 4.40. The van der Waals surface area contributed by atoms with Crippen molar-refractivity contribution in [2.75, 3.05) is 0 Å². The number of nitrogens with zero attached hydrogens (tertiary/aromatic N) is 2. The Morgan fingerprint density at radius 2 is 1.95 bits per heavy atom. The molecule has 0 aliphatic heterocycles. The summed E-state index contributed by atoms with van der Waals surface area (Å²) in [5.74, 6) is 0.844. The molecule has 4 nitrogen and oxygen atoms in total. The monoisotopic (exact) mass is 291 g/mol. The molecule has 2 rings (SSSR count). The minimum Gasteiger partial charge on any atom is -0.430 e. The van der Waals surface area contributed by atoms with E-state index in [1.54, 1.807) is 0 Å². The summed E-state index contributed by atoms with van der Waals surface area (Å²) in [4.78, 5) is 0. The van der Waals surface area contributed by atoms with Crippen LogP contribution in [-0.2, 0) is 6.54 Å². The number of hydrogen-bond acceptors (Lipinski definition) is 5. The number of aryl methyl sites for hydroxylation is 2. The van der Waals surface area contributed by atoms with Crippen LogP contribution in [0.5, 0.6) is 10.9 Å². The molecule has 0 unspecified atom stereocenters. The normalized spacial score (nSPS) is 11.7. The predicted molar refractivity (Wildman–Crippen MR) is 82.5 cm³/mol. The fourth-order valence-electron chi connectivity index (χ4n) is 1.60. The second kappa shape index (κ2) is 5.89. The van der Waals surface area contributed by atoms with Gasteiger partial charge in [0.1, 0.15) is 10.8 Å². The van der Waals surface area contributed by atoms with Crippen molar-refractivity contribution in [1.29, 1.82) is 0 Å². The van der Waals surface area contributed by atoms with Gasteiger partial charge in [0, 0.05) is 5.54 Å². The van der Waals surface area contributed by atoms with Crippen LogP contribution in [0, 0.1) is 13.8 Å². The van der Waals surface area contributed by atoms with Crippen molar-refractivity contribution in [1.82, 2.24) is 15.5 Å². The quantitative estimate of drug-likeness (QED) is 0.930. The maximum Gasteiger partial charge on any atom is 0.299 e. The fraction of sp³-hybridized carbons (Fsp3) is 0.467. The van der Waals surface area contributed by atoms with Gasteiger partial charge in [-0.15, -0.1) is 5.10 Å². The van der Waals surface area contributed by atoms with E-state index in [4.69, 9.17) is 4.74 Å². The molecule has 20 heavy (non-hydrogen) atoms. The van der Waals surface area contributed by atoms with E-state index in [9.17, 15) is 0 Å². The number of benzene rings is 1. The van der Waals surface area contributed by atoms with Gasteiger partial charge in [-0.1, -0.05) is 28.6 Å². The first-order valence-electron chi connectivity index (χ1n) is 6.66. The lowest BCUT2D eigenvalue weighted by molar-refractivity contribution is 0.423. The molecule has 2 aromatic rings. The van der Waals surface area contributed by atoms with Gasteiger partial charge in [0.15, 0.2) is 0 Å². The molecule has 108 valence electrons. The minimum atomic E-state index is 0.0693. The number of aromatic nitrogens is 2. The molecule has 0 amide bonds. The van der Waals surface area contributed by atoms with Crippen LogP contribution in [0.2, 0.25) is 0 Å². The van der Waals surface area contributed by atoms with Crippen LogP contribution in [0.25, 0.3) is 0 Å². The predicted octanol–water partition coefficient (Wildman–Crippen LogP) is 3.84. The van der Waals surface area contributed by atoms with Crippen LogP contribution in [0.3, 0.4) is 0 Å². The summed E-state index contributed by atoms with van der Waals surface area (Å²) in [5.41, 5.74) is 2.34. The van der Waals surface area contributed by atoms with Crippen LogP contribution >= 0.6 is 11.3 Å². The smallest absolute Gasteiger partial charge is 0.299 e. The van der Waals surface area contributed by atoms with E-state index in [-0.39, 0.29) is 5.54 Å².